The van der Waals surface area contributed by atoms with Gasteiger partial charge in [0.25, 0.3) is 11.8 Å². The van der Waals surface area contributed by atoms with Gasteiger partial charge in [-0.15, -0.1) is 0 Å². The number of amides is 2. The van der Waals surface area contributed by atoms with Crippen molar-refractivity contribution in [3.63, 3.8) is 0 Å². The molecule has 2 amide bonds. The van der Waals surface area contributed by atoms with E-state index in [1.807, 2.05) is 24.0 Å². The minimum absolute atomic E-state index is 0.00378. The Morgan fingerprint density at radius 3 is 2.42 bits per heavy atom. The van der Waals surface area contributed by atoms with Gasteiger partial charge in [-0.25, -0.2) is 0 Å². The second-order valence-electron chi connectivity index (χ2n) is 6.25. The van der Waals surface area contributed by atoms with Gasteiger partial charge in [0.1, 0.15) is 0 Å². The van der Waals surface area contributed by atoms with Gasteiger partial charge in [-0.2, -0.15) is 4.98 Å². The van der Waals surface area contributed by atoms with Crippen LogP contribution in [-0.4, -0.2) is 71.0 Å². The smallest absolute Gasteiger partial charge is 0.257 e. The molecule has 1 fully saturated rings. The predicted octanol–water partition coefficient (Wildman–Crippen LogP) is 0.939. The van der Waals surface area contributed by atoms with Crippen LogP contribution in [0.2, 0.25) is 0 Å². The van der Waals surface area contributed by atoms with Crippen molar-refractivity contribution in [2.75, 3.05) is 39.3 Å². The zero-order chi connectivity index (χ0) is 18.5. The number of hydrogen-bond acceptors (Lipinski definition) is 6. The molecule has 0 unspecified atom stereocenters. The molecule has 8 nitrogen and oxygen atoms in total. The van der Waals surface area contributed by atoms with Crippen LogP contribution in [0.25, 0.3) is 11.5 Å². The molecule has 1 N–H and O–H groups in total. The van der Waals surface area contributed by atoms with Crippen LogP contribution in [0.4, 0.5) is 0 Å². The fraction of sp³-hybridized carbons (Fsp3) is 0.444. The summed E-state index contributed by atoms with van der Waals surface area (Å²) >= 11 is 0. The highest BCUT2D eigenvalue weighted by Gasteiger charge is 2.23. The maximum absolute atomic E-state index is 12.7. The van der Waals surface area contributed by atoms with Crippen LogP contribution in [0.3, 0.4) is 0 Å². The van der Waals surface area contributed by atoms with E-state index in [4.69, 9.17) is 4.52 Å². The highest BCUT2D eigenvalue weighted by molar-refractivity contribution is 5.94. The van der Waals surface area contributed by atoms with Crippen LogP contribution in [0, 0.1) is 6.92 Å². The summed E-state index contributed by atoms with van der Waals surface area (Å²) in [6, 6.07) is 7.17. The minimum atomic E-state index is -0.00378. The molecule has 3 rings (SSSR count). The van der Waals surface area contributed by atoms with E-state index in [-0.39, 0.29) is 11.8 Å². The summed E-state index contributed by atoms with van der Waals surface area (Å²) in [5.41, 5.74) is 1.41. The Morgan fingerprint density at radius 2 is 1.85 bits per heavy atom. The summed E-state index contributed by atoms with van der Waals surface area (Å²) in [4.78, 5) is 32.4. The Labute approximate surface area is 152 Å². The third kappa shape index (κ3) is 4.26. The summed E-state index contributed by atoms with van der Waals surface area (Å²) in [5.74, 6) is 1.04. The standard InChI is InChI=1S/C18H23N5O3/c1-3-19-16(24)12-22-8-10-23(11-9-22)18(25)15-6-4-14(5-7-15)17-20-13(2)21-26-17/h4-7H,3,8-12H2,1-2H3,(H,19,24). The van der Waals surface area contributed by atoms with Crippen LogP contribution < -0.4 is 5.32 Å². The van der Waals surface area contributed by atoms with Crippen LogP contribution in [0.1, 0.15) is 23.1 Å². The maximum Gasteiger partial charge on any atom is 0.257 e. The molecule has 0 radical (unpaired) electrons. The molecule has 1 saturated heterocycles. The molecule has 8 heteroatoms. The first kappa shape index (κ1) is 18.1. The van der Waals surface area contributed by atoms with Gasteiger partial charge in [-0.3, -0.25) is 14.5 Å². The lowest BCUT2D eigenvalue weighted by Gasteiger charge is -2.34. The average Bonchev–Trinajstić information content (AvgIpc) is 3.08. The molecule has 2 aromatic rings. The van der Waals surface area contributed by atoms with Gasteiger partial charge in [0.15, 0.2) is 5.82 Å². The monoisotopic (exact) mass is 357 g/mol. The van der Waals surface area contributed by atoms with E-state index >= 15 is 0 Å². The van der Waals surface area contributed by atoms with Crippen LogP contribution in [0.15, 0.2) is 28.8 Å². The summed E-state index contributed by atoms with van der Waals surface area (Å²) in [6.07, 6.45) is 0. The summed E-state index contributed by atoms with van der Waals surface area (Å²) in [7, 11) is 0. The number of benzene rings is 1. The lowest BCUT2D eigenvalue weighted by molar-refractivity contribution is -0.122. The van der Waals surface area contributed by atoms with Crippen molar-refractivity contribution in [3.05, 3.63) is 35.7 Å². The third-order valence-electron chi connectivity index (χ3n) is 4.31. The van der Waals surface area contributed by atoms with E-state index in [2.05, 4.69) is 20.4 Å². The van der Waals surface area contributed by atoms with Crippen molar-refractivity contribution in [2.24, 2.45) is 0 Å². The molecule has 26 heavy (non-hydrogen) atoms. The van der Waals surface area contributed by atoms with Gasteiger partial charge in [-0.1, -0.05) is 5.16 Å². The minimum Gasteiger partial charge on any atom is -0.355 e. The molecular formula is C18H23N5O3. The van der Waals surface area contributed by atoms with Gasteiger partial charge >= 0.3 is 0 Å². The zero-order valence-corrected chi connectivity index (χ0v) is 15.1. The van der Waals surface area contributed by atoms with Crippen molar-refractivity contribution >= 4 is 11.8 Å². The number of aromatic nitrogens is 2. The van der Waals surface area contributed by atoms with Gasteiger partial charge in [-0.05, 0) is 38.1 Å². The van der Waals surface area contributed by atoms with Gasteiger partial charge in [0.2, 0.25) is 5.91 Å². The maximum atomic E-state index is 12.7. The first-order chi connectivity index (χ1) is 12.6. The zero-order valence-electron chi connectivity index (χ0n) is 15.1. The molecule has 0 bridgehead atoms. The van der Waals surface area contributed by atoms with Crippen molar-refractivity contribution in [1.82, 2.24) is 25.3 Å². The van der Waals surface area contributed by atoms with Gasteiger partial charge < -0.3 is 14.7 Å². The highest BCUT2D eigenvalue weighted by Crippen LogP contribution is 2.18. The molecule has 1 aliphatic rings. The SMILES string of the molecule is CCNC(=O)CN1CCN(C(=O)c2ccc(-c3nc(C)no3)cc2)CC1. The van der Waals surface area contributed by atoms with Crippen molar-refractivity contribution in [1.29, 1.82) is 0 Å². The fourth-order valence-electron chi connectivity index (χ4n) is 2.92. The second-order valence-corrected chi connectivity index (χ2v) is 6.25. The Balaban J connectivity index is 1.56. The fourth-order valence-corrected chi connectivity index (χ4v) is 2.92. The number of carbonyl (C=O) groups is 2. The second kappa shape index (κ2) is 8.09. The van der Waals surface area contributed by atoms with E-state index in [1.165, 1.54) is 0 Å². The lowest BCUT2D eigenvalue weighted by atomic mass is 10.1. The van der Waals surface area contributed by atoms with Gasteiger partial charge in [0, 0.05) is 43.9 Å². The van der Waals surface area contributed by atoms with Crippen LogP contribution in [-0.2, 0) is 4.79 Å². The van der Waals surface area contributed by atoms with E-state index in [9.17, 15) is 9.59 Å². The molecule has 0 aliphatic carbocycles. The van der Waals surface area contributed by atoms with Crippen molar-refractivity contribution in [3.8, 4) is 11.5 Å². The largest absolute Gasteiger partial charge is 0.355 e. The number of nitrogens with zero attached hydrogens (tertiary/aromatic N) is 4. The predicted molar refractivity (Wildman–Crippen MR) is 95.5 cm³/mol. The molecule has 0 saturated carbocycles. The van der Waals surface area contributed by atoms with E-state index in [0.29, 0.717) is 56.5 Å². The highest BCUT2D eigenvalue weighted by atomic mass is 16.5. The summed E-state index contributed by atoms with van der Waals surface area (Å²) in [6.45, 7) is 7.30. The Bertz CT molecular complexity index is 763. The first-order valence-electron chi connectivity index (χ1n) is 8.76. The number of piperazine rings is 1. The number of likely N-dealkylation sites (N-methyl/N-ethyl adjacent to an activating group) is 1. The Morgan fingerprint density at radius 1 is 1.15 bits per heavy atom. The lowest BCUT2D eigenvalue weighted by Crippen LogP contribution is -2.51. The number of nitrogens with one attached hydrogen (secondary N) is 1. The van der Waals surface area contributed by atoms with Crippen molar-refractivity contribution in [2.45, 2.75) is 13.8 Å². The molecule has 0 spiro atoms. The molecule has 1 aromatic heterocycles. The molecule has 2 heterocycles. The summed E-state index contributed by atoms with van der Waals surface area (Å²) < 4.78 is 5.13. The van der Waals surface area contributed by atoms with E-state index < -0.39 is 0 Å². The number of rotatable bonds is 5. The van der Waals surface area contributed by atoms with E-state index in [1.54, 1.807) is 19.1 Å². The summed E-state index contributed by atoms with van der Waals surface area (Å²) in [5, 5.41) is 6.56. The Kier molecular flexibility index (Phi) is 5.62. The molecule has 0 atom stereocenters. The normalized spacial score (nSPS) is 15.1. The Hall–Kier alpha value is -2.74. The molecule has 1 aliphatic heterocycles. The van der Waals surface area contributed by atoms with Crippen LogP contribution in [0.5, 0.6) is 0 Å². The quantitative estimate of drug-likeness (QED) is 0.856. The first-order valence-corrected chi connectivity index (χ1v) is 8.76. The van der Waals surface area contributed by atoms with Gasteiger partial charge in [0.05, 0.1) is 6.54 Å². The average molecular weight is 357 g/mol. The van der Waals surface area contributed by atoms with Crippen molar-refractivity contribution < 1.29 is 14.1 Å². The molecule has 1 aromatic carbocycles. The molecular weight excluding hydrogens is 334 g/mol. The number of aryl methyl sites for hydroxylation is 1. The van der Waals surface area contributed by atoms with E-state index in [0.717, 1.165) is 5.56 Å². The van der Waals surface area contributed by atoms with Crippen LogP contribution >= 0.6 is 0 Å². The number of carbonyl (C=O) groups excluding carboxylic acids is 2. The molecule has 138 valence electrons. The third-order valence-corrected chi connectivity index (χ3v) is 4.31. The topological polar surface area (TPSA) is 91.6 Å². The number of hydrogen-bond donors (Lipinski definition) is 1.